The van der Waals surface area contributed by atoms with E-state index in [0.29, 0.717) is 13.1 Å². The molecule has 0 saturated carbocycles. The Morgan fingerprint density at radius 1 is 1.21 bits per heavy atom. The number of benzene rings is 1. The maximum absolute atomic E-state index is 12.1. The van der Waals surface area contributed by atoms with Gasteiger partial charge in [0.1, 0.15) is 5.76 Å². The van der Waals surface area contributed by atoms with Crippen molar-refractivity contribution in [1.82, 2.24) is 5.32 Å². The summed E-state index contributed by atoms with van der Waals surface area (Å²) in [6, 6.07) is 10.2. The Hall–Kier alpha value is -2.27. The Balaban J connectivity index is 1.46. The maximum atomic E-state index is 12.1. The fourth-order valence-corrected chi connectivity index (χ4v) is 3.21. The molecule has 3 rings (SSSR count). The summed E-state index contributed by atoms with van der Waals surface area (Å²) < 4.78 is 5.23. The molecule has 5 heteroatoms. The fraction of sp³-hybridized carbons (Fsp3) is 0.421. The van der Waals surface area contributed by atoms with Crippen LogP contribution in [0.15, 0.2) is 41.0 Å². The van der Waals surface area contributed by atoms with Crippen molar-refractivity contribution in [2.24, 2.45) is 0 Å². The van der Waals surface area contributed by atoms with E-state index in [-0.39, 0.29) is 5.91 Å². The number of aryl methyl sites for hydroxylation is 1. The largest absolute Gasteiger partial charge is 0.467 e. The van der Waals surface area contributed by atoms with Gasteiger partial charge in [0.25, 0.3) is 5.91 Å². The lowest BCUT2D eigenvalue weighted by Gasteiger charge is -2.34. The molecule has 5 nitrogen and oxygen atoms in total. The molecule has 1 aromatic carbocycles. The minimum atomic E-state index is 0.0848. The Morgan fingerprint density at radius 2 is 2.00 bits per heavy atom. The van der Waals surface area contributed by atoms with E-state index in [1.54, 1.807) is 6.26 Å². The summed E-state index contributed by atoms with van der Waals surface area (Å²) >= 11 is 0. The molecule has 0 bridgehead atoms. The van der Waals surface area contributed by atoms with E-state index < -0.39 is 0 Å². The van der Waals surface area contributed by atoms with Crippen LogP contribution in [0.2, 0.25) is 0 Å². The quantitative estimate of drug-likeness (QED) is 0.858. The third kappa shape index (κ3) is 3.97. The van der Waals surface area contributed by atoms with Crippen LogP contribution in [0, 0.1) is 13.8 Å². The molecule has 1 aliphatic rings. The van der Waals surface area contributed by atoms with Crippen molar-refractivity contribution in [2.75, 3.05) is 37.6 Å². The van der Waals surface area contributed by atoms with Crippen LogP contribution in [-0.4, -0.2) is 38.6 Å². The number of piperazine rings is 1. The number of hydrogen-bond donors (Lipinski definition) is 2. The first-order valence-corrected chi connectivity index (χ1v) is 8.57. The molecule has 1 saturated heterocycles. The number of rotatable bonds is 5. The molecule has 128 valence electrons. The highest BCUT2D eigenvalue weighted by molar-refractivity contribution is 5.76. The number of hydrogen-bond acceptors (Lipinski definition) is 3. The van der Waals surface area contributed by atoms with E-state index in [4.69, 9.17) is 4.42 Å². The molecule has 1 fully saturated rings. The highest BCUT2D eigenvalue weighted by Gasteiger charge is 2.23. The van der Waals surface area contributed by atoms with Crippen molar-refractivity contribution in [1.29, 1.82) is 0 Å². The molecule has 1 aliphatic heterocycles. The number of quaternary nitrogens is 1. The molecular weight excluding hydrogens is 302 g/mol. The summed E-state index contributed by atoms with van der Waals surface area (Å²) in [6.45, 7) is 9.30. The standard InChI is InChI=1S/C19H25N3O2/c1-15-5-3-7-18(16(15)2)22-10-8-21(9-11-22)14-19(23)20-13-17-6-4-12-24-17/h3-7,12H,8-11,13-14H2,1-2H3,(H,20,23)/p+1. The number of nitrogens with zero attached hydrogens (tertiary/aromatic N) is 1. The van der Waals surface area contributed by atoms with Crippen LogP contribution in [0.4, 0.5) is 5.69 Å². The van der Waals surface area contributed by atoms with E-state index >= 15 is 0 Å². The van der Waals surface area contributed by atoms with Gasteiger partial charge in [0.05, 0.1) is 39.0 Å². The second-order valence-corrected chi connectivity index (χ2v) is 6.49. The molecule has 2 heterocycles. The van der Waals surface area contributed by atoms with Crippen molar-refractivity contribution < 1.29 is 14.1 Å². The number of anilines is 1. The topological polar surface area (TPSA) is 49.9 Å². The smallest absolute Gasteiger partial charge is 0.275 e. The third-order valence-electron chi connectivity index (χ3n) is 4.84. The van der Waals surface area contributed by atoms with Gasteiger partial charge in [-0.1, -0.05) is 12.1 Å². The SMILES string of the molecule is Cc1cccc(N2CC[NH+](CC(=O)NCc3ccco3)CC2)c1C. The van der Waals surface area contributed by atoms with Gasteiger partial charge >= 0.3 is 0 Å². The maximum Gasteiger partial charge on any atom is 0.275 e. The van der Waals surface area contributed by atoms with Crippen LogP contribution in [0.25, 0.3) is 0 Å². The zero-order valence-corrected chi connectivity index (χ0v) is 14.5. The average molecular weight is 328 g/mol. The van der Waals surface area contributed by atoms with Gasteiger partial charge < -0.3 is 19.5 Å². The van der Waals surface area contributed by atoms with Crippen molar-refractivity contribution >= 4 is 11.6 Å². The van der Waals surface area contributed by atoms with Crippen LogP contribution >= 0.6 is 0 Å². The highest BCUT2D eigenvalue weighted by Crippen LogP contribution is 2.22. The van der Waals surface area contributed by atoms with Gasteiger partial charge in [-0.2, -0.15) is 0 Å². The number of amides is 1. The van der Waals surface area contributed by atoms with E-state index in [2.05, 4.69) is 42.3 Å². The summed E-state index contributed by atoms with van der Waals surface area (Å²) in [5, 5.41) is 2.92. The Labute approximate surface area is 143 Å². The summed E-state index contributed by atoms with van der Waals surface area (Å²) in [7, 11) is 0. The molecule has 2 aromatic rings. The monoisotopic (exact) mass is 328 g/mol. The second-order valence-electron chi connectivity index (χ2n) is 6.49. The van der Waals surface area contributed by atoms with Crippen LogP contribution in [0.5, 0.6) is 0 Å². The third-order valence-corrected chi connectivity index (χ3v) is 4.84. The van der Waals surface area contributed by atoms with E-state index in [1.807, 2.05) is 12.1 Å². The first-order chi connectivity index (χ1) is 11.6. The van der Waals surface area contributed by atoms with E-state index in [9.17, 15) is 4.79 Å². The normalized spacial score (nSPS) is 15.5. The summed E-state index contributed by atoms with van der Waals surface area (Å²) in [5.41, 5.74) is 4.02. The van der Waals surface area contributed by atoms with Crippen LogP contribution in [0.3, 0.4) is 0 Å². The summed E-state index contributed by atoms with van der Waals surface area (Å²) in [6.07, 6.45) is 1.62. The molecule has 0 spiro atoms. The molecule has 0 unspecified atom stereocenters. The molecule has 0 aliphatic carbocycles. The molecule has 2 N–H and O–H groups in total. The Kier molecular flexibility index (Phi) is 5.20. The first-order valence-electron chi connectivity index (χ1n) is 8.57. The predicted molar refractivity (Wildman–Crippen MR) is 94.2 cm³/mol. The number of carbonyl (C=O) groups excluding carboxylic acids is 1. The first kappa shape index (κ1) is 16.6. The molecule has 1 amide bonds. The van der Waals surface area contributed by atoms with Crippen LogP contribution in [0.1, 0.15) is 16.9 Å². The van der Waals surface area contributed by atoms with Gasteiger partial charge in [-0.3, -0.25) is 4.79 Å². The highest BCUT2D eigenvalue weighted by atomic mass is 16.3. The molecule has 24 heavy (non-hydrogen) atoms. The number of nitrogens with one attached hydrogen (secondary N) is 2. The summed E-state index contributed by atoms with van der Waals surface area (Å²) in [4.78, 5) is 15.8. The molecule has 0 radical (unpaired) electrons. The van der Waals surface area contributed by atoms with Gasteiger partial charge in [0, 0.05) is 5.69 Å². The zero-order chi connectivity index (χ0) is 16.9. The van der Waals surface area contributed by atoms with E-state index in [1.165, 1.54) is 21.7 Å². The van der Waals surface area contributed by atoms with Crippen LogP contribution < -0.4 is 15.1 Å². The summed E-state index contributed by atoms with van der Waals surface area (Å²) in [5.74, 6) is 0.875. The van der Waals surface area contributed by atoms with Gasteiger partial charge in [0.2, 0.25) is 0 Å². The Bertz CT molecular complexity index is 674. The van der Waals surface area contributed by atoms with Gasteiger partial charge in [-0.25, -0.2) is 0 Å². The minimum absolute atomic E-state index is 0.0848. The lowest BCUT2D eigenvalue weighted by atomic mass is 10.1. The number of furan rings is 1. The van der Waals surface area contributed by atoms with Gasteiger partial charge in [0.15, 0.2) is 6.54 Å². The molecule has 0 atom stereocenters. The zero-order valence-electron chi connectivity index (χ0n) is 14.5. The van der Waals surface area contributed by atoms with Crippen molar-refractivity contribution in [2.45, 2.75) is 20.4 Å². The lowest BCUT2D eigenvalue weighted by Crippen LogP contribution is -3.15. The van der Waals surface area contributed by atoms with Gasteiger partial charge in [-0.15, -0.1) is 0 Å². The number of carbonyl (C=O) groups is 1. The van der Waals surface area contributed by atoms with E-state index in [0.717, 1.165) is 31.9 Å². The predicted octanol–water partition coefficient (Wildman–Crippen LogP) is 0.918. The molecule has 1 aromatic heterocycles. The average Bonchev–Trinajstić information content (AvgIpc) is 3.10. The minimum Gasteiger partial charge on any atom is -0.467 e. The van der Waals surface area contributed by atoms with Crippen molar-refractivity contribution in [3.8, 4) is 0 Å². The molecular formula is C19H26N3O2+. The lowest BCUT2D eigenvalue weighted by molar-refractivity contribution is -0.892. The van der Waals surface area contributed by atoms with Gasteiger partial charge in [-0.05, 0) is 43.2 Å². The van der Waals surface area contributed by atoms with Crippen LogP contribution in [-0.2, 0) is 11.3 Å². The van der Waals surface area contributed by atoms with Crippen molar-refractivity contribution in [3.63, 3.8) is 0 Å². The Morgan fingerprint density at radius 3 is 2.71 bits per heavy atom. The van der Waals surface area contributed by atoms with Crippen molar-refractivity contribution in [3.05, 3.63) is 53.5 Å². The fourth-order valence-electron chi connectivity index (χ4n) is 3.21. The second kappa shape index (κ2) is 7.53.